The summed E-state index contributed by atoms with van der Waals surface area (Å²) in [5, 5.41) is 22.4. The molecule has 1 fully saturated rings. The van der Waals surface area contributed by atoms with Crippen LogP contribution in [0, 0.1) is 27.4 Å². The first-order valence-electron chi connectivity index (χ1n) is 5.81. The second-order valence-corrected chi connectivity index (χ2v) is 6.09. The lowest BCUT2D eigenvalue weighted by atomic mass is 10.1. The number of benzene rings is 1. The van der Waals surface area contributed by atoms with Crippen LogP contribution in [0.2, 0.25) is 0 Å². The first-order chi connectivity index (χ1) is 9.44. The molecule has 2 N–H and O–H groups in total. The lowest BCUT2D eigenvalue weighted by Gasteiger charge is -2.14. The van der Waals surface area contributed by atoms with E-state index in [-0.39, 0.29) is 10.6 Å². The Morgan fingerprint density at radius 1 is 1.35 bits per heavy atom. The first kappa shape index (κ1) is 14.4. The molecule has 0 spiro atoms. The molecule has 8 nitrogen and oxygen atoms in total. The largest absolute Gasteiger partial charge is 0.314 e. The maximum Gasteiger partial charge on any atom is 0.269 e. The van der Waals surface area contributed by atoms with Crippen LogP contribution in [0.3, 0.4) is 0 Å². The Morgan fingerprint density at radius 2 is 2.00 bits per heavy atom. The summed E-state index contributed by atoms with van der Waals surface area (Å²) in [5.41, 5.74) is -0.179. The molecule has 1 heterocycles. The van der Waals surface area contributed by atoms with Crippen molar-refractivity contribution in [3.8, 4) is 6.07 Å². The van der Waals surface area contributed by atoms with Gasteiger partial charge in [-0.3, -0.25) is 10.1 Å². The quantitative estimate of drug-likeness (QED) is 0.594. The maximum absolute atomic E-state index is 12.1. The molecule has 0 amide bonds. The molecule has 1 aromatic carbocycles. The summed E-state index contributed by atoms with van der Waals surface area (Å²) >= 11 is 0. The van der Waals surface area contributed by atoms with Gasteiger partial charge in [-0.25, -0.2) is 13.1 Å². The Morgan fingerprint density at radius 3 is 2.55 bits per heavy atom. The minimum atomic E-state index is -3.79. The van der Waals surface area contributed by atoms with E-state index < -0.39 is 26.9 Å². The van der Waals surface area contributed by atoms with Crippen molar-refractivity contribution in [2.24, 2.45) is 5.92 Å². The van der Waals surface area contributed by atoms with E-state index in [2.05, 4.69) is 10.0 Å². The molecule has 0 aliphatic carbocycles. The number of sulfonamides is 1. The molecule has 1 saturated heterocycles. The molecular formula is C11H12N4O4S. The number of non-ortho nitro benzene ring substituents is 1. The molecule has 1 unspecified atom stereocenters. The summed E-state index contributed by atoms with van der Waals surface area (Å²) < 4.78 is 26.7. The highest BCUT2D eigenvalue weighted by molar-refractivity contribution is 7.89. The zero-order valence-electron chi connectivity index (χ0n) is 10.3. The highest BCUT2D eigenvalue weighted by Crippen LogP contribution is 2.17. The number of nitro groups is 1. The van der Waals surface area contributed by atoms with E-state index in [1.165, 1.54) is 12.1 Å². The van der Waals surface area contributed by atoms with E-state index in [1.807, 2.05) is 6.07 Å². The van der Waals surface area contributed by atoms with Gasteiger partial charge in [0.15, 0.2) is 0 Å². The predicted molar refractivity (Wildman–Crippen MR) is 69.2 cm³/mol. The van der Waals surface area contributed by atoms with Gasteiger partial charge in [0.2, 0.25) is 10.0 Å². The Bertz CT molecular complexity index is 650. The normalized spacial score (nSPS) is 22.4. The topological polar surface area (TPSA) is 125 Å². The predicted octanol–water partition coefficient (Wildman–Crippen LogP) is -0.0153. The van der Waals surface area contributed by atoms with Gasteiger partial charge in [-0.05, 0) is 12.1 Å². The highest BCUT2D eigenvalue weighted by Gasteiger charge is 2.31. The van der Waals surface area contributed by atoms with Gasteiger partial charge in [0.1, 0.15) is 0 Å². The standard InChI is InChI=1S/C11H12N4O4S/c12-5-8-6-13-7-11(8)14-20(18,19)10-3-1-9(2-4-10)15(16)17/h1-4,8,11,13-14H,6-7H2/t8?,11-/m1/s1. The Labute approximate surface area is 115 Å². The van der Waals surface area contributed by atoms with E-state index in [0.29, 0.717) is 13.1 Å². The summed E-state index contributed by atoms with van der Waals surface area (Å²) in [7, 11) is -3.79. The fourth-order valence-corrected chi connectivity index (χ4v) is 3.23. The van der Waals surface area contributed by atoms with Gasteiger partial charge in [0.25, 0.3) is 5.69 Å². The van der Waals surface area contributed by atoms with Gasteiger partial charge in [-0.2, -0.15) is 5.26 Å². The van der Waals surface area contributed by atoms with Gasteiger partial charge in [0.05, 0.1) is 27.8 Å². The summed E-state index contributed by atoms with van der Waals surface area (Å²) in [5.74, 6) is -0.428. The summed E-state index contributed by atoms with van der Waals surface area (Å²) in [6.07, 6.45) is 0. The van der Waals surface area contributed by atoms with Crippen molar-refractivity contribution >= 4 is 15.7 Å². The number of nitrogens with zero attached hydrogens (tertiary/aromatic N) is 2. The van der Waals surface area contributed by atoms with Crippen molar-refractivity contribution in [2.45, 2.75) is 10.9 Å². The van der Waals surface area contributed by atoms with Gasteiger partial charge < -0.3 is 5.32 Å². The molecule has 1 aliphatic heterocycles. The fraction of sp³-hybridized carbons (Fsp3) is 0.364. The number of hydrogen-bond acceptors (Lipinski definition) is 6. The van der Waals surface area contributed by atoms with Crippen LogP contribution in [0.4, 0.5) is 5.69 Å². The molecule has 1 aliphatic rings. The Balaban J connectivity index is 2.18. The first-order valence-corrected chi connectivity index (χ1v) is 7.29. The SMILES string of the molecule is N#CC1CNC[C@H]1NS(=O)(=O)c1ccc([N+](=O)[O-])cc1. The van der Waals surface area contributed by atoms with E-state index in [0.717, 1.165) is 12.1 Å². The second-order valence-electron chi connectivity index (χ2n) is 4.37. The zero-order valence-corrected chi connectivity index (χ0v) is 11.1. The van der Waals surface area contributed by atoms with Gasteiger partial charge in [-0.15, -0.1) is 0 Å². The third-order valence-corrected chi connectivity index (χ3v) is 4.55. The second kappa shape index (κ2) is 5.54. The molecule has 0 radical (unpaired) electrons. The van der Waals surface area contributed by atoms with Crippen molar-refractivity contribution < 1.29 is 13.3 Å². The molecule has 1 aromatic rings. The highest BCUT2D eigenvalue weighted by atomic mass is 32.2. The molecule has 106 valence electrons. The van der Waals surface area contributed by atoms with Crippen molar-refractivity contribution in [3.05, 3.63) is 34.4 Å². The fourth-order valence-electron chi connectivity index (χ4n) is 1.95. The smallest absolute Gasteiger partial charge is 0.269 e. The number of hydrogen-bond donors (Lipinski definition) is 2. The lowest BCUT2D eigenvalue weighted by molar-refractivity contribution is -0.384. The van der Waals surface area contributed by atoms with E-state index in [1.54, 1.807) is 0 Å². The third kappa shape index (κ3) is 2.93. The van der Waals surface area contributed by atoms with Crippen LogP contribution < -0.4 is 10.0 Å². The number of rotatable bonds is 4. The van der Waals surface area contributed by atoms with Gasteiger partial charge in [-0.1, -0.05) is 0 Å². The van der Waals surface area contributed by atoms with Crippen molar-refractivity contribution in [1.82, 2.24) is 10.0 Å². The molecule has 2 atom stereocenters. The van der Waals surface area contributed by atoms with Crippen LogP contribution in [0.25, 0.3) is 0 Å². The van der Waals surface area contributed by atoms with Crippen LogP contribution in [0.5, 0.6) is 0 Å². The molecule has 0 aromatic heterocycles. The molecular weight excluding hydrogens is 284 g/mol. The van der Waals surface area contributed by atoms with Crippen molar-refractivity contribution in [2.75, 3.05) is 13.1 Å². The van der Waals surface area contributed by atoms with Crippen LogP contribution in [-0.4, -0.2) is 32.5 Å². The van der Waals surface area contributed by atoms with Crippen molar-refractivity contribution in [3.63, 3.8) is 0 Å². The van der Waals surface area contributed by atoms with Crippen LogP contribution >= 0.6 is 0 Å². The summed E-state index contributed by atoms with van der Waals surface area (Å²) in [6, 6.07) is 6.13. The van der Waals surface area contributed by atoms with Gasteiger partial charge in [0, 0.05) is 25.2 Å². The zero-order chi connectivity index (χ0) is 14.8. The van der Waals surface area contributed by atoms with E-state index in [4.69, 9.17) is 5.26 Å². The molecule has 0 bridgehead atoms. The van der Waals surface area contributed by atoms with E-state index >= 15 is 0 Å². The van der Waals surface area contributed by atoms with Crippen molar-refractivity contribution in [1.29, 1.82) is 5.26 Å². The third-order valence-electron chi connectivity index (χ3n) is 3.04. The minimum absolute atomic E-state index is 0.0633. The minimum Gasteiger partial charge on any atom is -0.314 e. The Hall–Kier alpha value is -2.02. The van der Waals surface area contributed by atoms with Gasteiger partial charge >= 0.3 is 0 Å². The van der Waals surface area contributed by atoms with Crippen LogP contribution in [-0.2, 0) is 10.0 Å². The van der Waals surface area contributed by atoms with E-state index in [9.17, 15) is 18.5 Å². The molecule has 0 saturated carbocycles. The monoisotopic (exact) mass is 296 g/mol. The summed E-state index contributed by atoms with van der Waals surface area (Å²) in [6.45, 7) is 0.814. The van der Waals surface area contributed by atoms with Crippen LogP contribution in [0.1, 0.15) is 0 Å². The number of nitro benzene ring substituents is 1. The maximum atomic E-state index is 12.1. The average molecular weight is 296 g/mol. The summed E-state index contributed by atoms with van der Waals surface area (Å²) in [4.78, 5) is 9.85. The number of nitrogens with one attached hydrogen (secondary N) is 2. The molecule has 2 rings (SSSR count). The average Bonchev–Trinajstić information content (AvgIpc) is 2.85. The van der Waals surface area contributed by atoms with Crippen LogP contribution in [0.15, 0.2) is 29.2 Å². The molecule has 9 heteroatoms. The lowest BCUT2D eigenvalue weighted by Crippen LogP contribution is -2.39. The molecule has 20 heavy (non-hydrogen) atoms. The Kier molecular flexibility index (Phi) is 3.99. The number of nitriles is 1.